The highest BCUT2D eigenvalue weighted by Gasteiger charge is 2.17. The molecule has 70 valence electrons. The van der Waals surface area contributed by atoms with Crippen LogP contribution in [0.1, 0.15) is 11.1 Å². The van der Waals surface area contributed by atoms with E-state index in [1.165, 1.54) is 16.7 Å². The van der Waals surface area contributed by atoms with E-state index in [4.69, 9.17) is 0 Å². The summed E-state index contributed by atoms with van der Waals surface area (Å²) in [5, 5.41) is 3.32. The van der Waals surface area contributed by atoms with Crippen molar-refractivity contribution in [3.05, 3.63) is 41.0 Å². The van der Waals surface area contributed by atoms with Gasteiger partial charge in [0.1, 0.15) is 5.84 Å². The molecular formula is C12H12N2. The normalized spacial score (nSPS) is 18.6. The van der Waals surface area contributed by atoms with E-state index in [0.29, 0.717) is 0 Å². The molecule has 0 fully saturated rings. The molecule has 0 aromatic heterocycles. The Bertz CT molecular complexity index is 430. The predicted octanol–water partition coefficient (Wildman–Crippen LogP) is 1.63. The molecule has 1 aromatic carbocycles. The monoisotopic (exact) mass is 184 g/mol. The van der Waals surface area contributed by atoms with Gasteiger partial charge in [-0.05, 0) is 22.8 Å². The first-order valence-electron chi connectivity index (χ1n) is 5.01. The fourth-order valence-electron chi connectivity index (χ4n) is 2.04. The minimum absolute atomic E-state index is 0.920. The van der Waals surface area contributed by atoms with Gasteiger partial charge in [0.15, 0.2) is 0 Å². The molecule has 1 heterocycles. The Morgan fingerprint density at radius 3 is 2.93 bits per heavy atom. The number of benzene rings is 1. The predicted molar refractivity (Wildman–Crippen MR) is 58.4 cm³/mol. The number of rotatable bonds is 1. The van der Waals surface area contributed by atoms with Gasteiger partial charge in [0.05, 0.1) is 6.54 Å². The van der Waals surface area contributed by atoms with E-state index in [-0.39, 0.29) is 0 Å². The van der Waals surface area contributed by atoms with Crippen LogP contribution in [0.25, 0.3) is 6.08 Å². The zero-order valence-corrected chi connectivity index (χ0v) is 7.96. The van der Waals surface area contributed by atoms with E-state index in [0.717, 1.165) is 25.3 Å². The first-order chi connectivity index (χ1) is 6.93. The van der Waals surface area contributed by atoms with E-state index in [9.17, 15) is 0 Å². The number of nitrogens with one attached hydrogen (secondary N) is 1. The molecule has 1 aliphatic carbocycles. The maximum absolute atomic E-state index is 4.44. The number of nitrogens with zero attached hydrogens (tertiary/aromatic N) is 1. The molecule has 0 spiro atoms. The molecular weight excluding hydrogens is 172 g/mol. The highest BCUT2D eigenvalue weighted by molar-refractivity contribution is 6.04. The standard InChI is InChI=1S/C12H12N2/c1-2-4-10-8-11(7-9(10)3-1)12-13-5-6-14-12/h1-4,7H,5-6,8H2,(H,13,14). The van der Waals surface area contributed by atoms with Gasteiger partial charge >= 0.3 is 0 Å². The van der Waals surface area contributed by atoms with Crippen LogP contribution in [0.5, 0.6) is 0 Å². The molecule has 3 rings (SSSR count). The second-order valence-corrected chi connectivity index (χ2v) is 3.70. The van der Waals surface area contributed by atoms with Crippen molar-refractivity contribution in [2.45, 2.75) is 6.42 Å². The van der Waals surface area contributed by atoms with E-state index in [1.54, 1.807) is 0 Å². The Morgan fingerprint density at radius 1 is 1.21 bits per heavy atom. The van der Waals surface area contributed by atoms with Gasteiger partial charge in [-0.2, -0.15) is 0 Å². The van der Waals surface area contributed by atoms with Crippen LogP contribution >= 0.6 is 0 Å². The molecule has 1 aliphatic heterocycles. The molecule has 1 N–H and O–H groups in total. The van der Waals surface area contributed by atoms with Crippen LogP contribution in [0, 0.1) is 0 Å². The summed E-state index contributed by atoms with van der Waals surface area (Å²) in [6.07, 6.45) is 3.27. The Kier molecular flexibility index (Phi) is 1.66. The van der Waals surface area contributed by atoms with Crippen molar-refractivity contribution < 1.29 is 0 Å². The average Bonchev–Trinajstić information content (AvgIpc) is 2.86. The summed E-state index contributed by atoms with van der Waals surface area (Å²) in [4.78, 5) is 4.44. The number of hydrogen-bond donors (Lipinski definition) is 1. The molecule has 0 unspecified atom stereocenters. The van der Waals surface area contributed by atoms with Gasteiger partial charge in [0.25, 0.3) is 0 Å². The smallest absolute Gasteiger partial charge is 0.124 e. The van der Waals surface area contributed by atoms with E-state index in [2.05, 4.69) is 40.7 Å². The van der Waals surface area contributed by atoms with E-state index < -0.39 is 0 Å². The van der Waals surface area contributed by atoms with Gasteiger partial charge in [-0.15, -0.1) is 0 Å². The summed E-state index contributed by atoms with van der Waals surface area (Å²) in [7, 11) is 0. The quantitative estimate of drug-likeness (QED) is 0.704. The molecule has 0 saturated heterocycles. The lowest BCUT2D eigenvalue weighted by atomic mass is 10.1. The SMILES string of the molecule is C1=C(C2=NCCN2)Cc2ccccc21. The molecule has 0 atom stereocenters. The van der Waals surface area contributed by atoms with Gasteiger partial charge in [0.2, 0.25) is 0 Å². The van der Waals surface area contributed by atoms with Gasteiger partial charge < -0.3 is 5.32 Å². The van der Waals surface area contributed by atoms with E-state index in [1.807, 2.05) is 0 Å². The average molecular weight is 184 g/mol. The van der Waals surface area contributed by atoms with Gasteiger partial charge in [-0.3, -0.25) is 4.99 Å². The summed E-state index contributed by atoms with van der Waals surface area (Å²) < 4.78 is 0. The van der Waals surface area contributed by atoms with Crippen molar-refractivity contribution in [3.8, 4) is 0 Å². The van der Waals surface area contributed by atoms with Crippen molar-refractivity contribution in [1.29, 1.82) is 0 Å². The molecule has 0 saturated carbocycles. The van der Waals surface area contributed by atoms with Crippen molar-refractivity contribution in [2.24, 2.45) is 4.99 Å². The molecule has 2 nitrogen and oxygen atoms in total. The minimum Gasteiger partial charge on any atom is -0.368 e. The lowest BCUT2D eigenvalue weighted by Gasteiger charge is -2.01. The fraction of sp³-hybridized carbons (Fsp3) is 0.250. The third-order valence-electron chi connectivity index (χ3n) is 2.74. The molecule has 0 amide bonds. The maximum atomic E-state index is 4.44. The van der Waals surface area contributed by atoms with Crippen LogP contribution in [0.2, 0.25) is 0 Å². The molecule has 0 bridgehead atoms. The Morgan fingerprint density at radius 2 is 2.14 bits per heavy atom. The maximum Gasteiger partial charge on any atom is 0.124 e. The summed E-state index contributed by atoms with van der Waals surface area (Å²) in [6, 6.07) is 8.54. The summed E-state index contributed by atoms with van der Waals surface area (Å²) in [5.74, 6) is 1.10. The fourth-order valence-corrected chi connectivity index (χ4v) is 2.04. The van der Waals surface area contributed by atoms with Gasteiger partial charge in [0, 0.05) is 13.0 Å². The Labute approximate surface area is 83.4 Å². The van der Waals surface area contributed by atoms with Crippen molar-refractivity contribution in [1.82, 2.24) is 5.32 Å². The topological polar surface area (TPSA) is 24.4 Å². The first-order valence-corrected chi connectivity index (χ1v) is 5.01. The Hall–Kier alpha value is -1.57. The van der Waals surface area contributed by atoms with Crippen LogP contribution in [0.4, 0.5) is 0 Å². The third-order valence-corrected chi connectivity index (χ3v) is 2.74. The van der Waals surface area contributed by atoms with Crippen LogP contribution in [0.15, 0.2) is 34.8 Å². The summed E-state index contributed by atoms with van der Waals surface area (Å²) >= 11 is 0. The highest BCUT2D eigenvalue weighted by Crippen LogP contribution is 2.25. The number of fused-ring (bicyclic) bond motifs is 1. The molecule has 0 radical (unpaired) electrons. The van der Waals surface area contributed by atoms with Crippen LogP contribution in [-0.2, 0) is 6.42 Å². The van der Waals surface area contributed by atoms with Gasteiger partial charge in [-0.25, -0.2) is 0 Å². The second kappa shape index (κ2) is 2.98. The zero-order valence-electron chi connectivity index (χ0n) is 7.96. The molecule has 2 heteroatoms. The molecule has 1 aromatic rings. The summed E-state index contributed by atoms with van der Waals surface area (Å²) in [5.41, 5.74) is 4.10. The number of amidine groups is 1. The lowest BCUT2D eigenvalue weighted by Crippen LogP contribution is -2.20. The third kappa shape index (κ3) is 1.15. The minimum atomic E-state index is 0.920. The van der Waals surface area contributed by atoms with Crippen LogP contribution in [-0.4, -0.2) is 18.9 Å². The number of aliphatic imine (C=N–C) groups is 1. The van der Waals surface area contributed by atoms with Crippen molar-refractivity contribution in [2.75, 3.05) is 13.1 Å². The van der Waals surface area contributed by atoms with Crippen molar-refractivity contribution >= 4 is 11.9 Å². The number of hydrogen-bond acceptors (Lipinski definition) is 2. The first kappa shape index (κ1) is 7.80. The molecule has 2 aliphatic rings. The van der Waals surface area contributed by atoms with Crippen molar-refractivity contribution in [3.63, 3.8) is 0 Å². The Balaban J connectivity index is 1.95. The zero-order chi connectivity index (χ0) is 9.38. The highest BCUT2D eigenvalue weighted by atomic mass is 15.1. The molecule has 14 heavy (non-hydrogen) atoms. The lowest BCUT2D eigenvalue weighted by molar-refractivity contribution is 0.958. The van der Waals surface area contributed by atoms with E-state index >= 15 is 0 Å². The summed E-state index contributed by atoms with van der Waals surface area (Å²) in [6.45, 7) is 1.91. The second-order valence-electron chi connectivity index (χ2n) is 3.70. The van der Waals surface area contributed by atoms with Gasteiger partial charge in [-0.1, -0.05) is 24.3 Å². The van der Waals surface area contributed by atoms with Crippen LogP contribution in [0.3, 0.4) is 0 Å². The largest absolute Gasteiger partial charge is 0.368 e. The van der Waals surface area contributed by atoms with Crippen LogP contribution < -0.4 is 5.32 Å².